The van der Waals surface area contributed by atoms with Crippen molar-refractivity contribution in [1.29, 1.82) is 0 Å². The van der Waals surface area contributed by atoms with Gasteiger partial charge in [-0.25, -0.2) is 14.8 Å². The van der Waals surface area contributed by atoms with Gasteiger partial charge in [0.15, 0.2) is 10.8 Å². The van der Waals surface area contributed by atoms with Crippen LogP contribution in [0.2, 0.25) is 0 Å². The summed E-state index contributed by atoms with van der Waals surface area (Å²) >= 11 is 1.44. The zero-order valence-corrected chi connectivity index (χ0v) is 42.4. The highest BCUT2D eigenvalue weighted by atomic mass is 32.1. The lowest BCUT2D eigenvalue weighted by Gasteiger charge is -2.41. The number of pyridine rings is 1. The van der Waals surface area contributed by atoms with Crippen molar-refractivity contribution in [2.45, 2.75) is 96.2 Å². The number of nitrogens with one attached hydrogen (secondary N) is 2. The summed E-state index contributed by atoms with van der Waals surface area (Å²) in [5.41, 5.74) is 8.49. The number of imide groups is 1. The summed E-state index contributed by atoms with van der Waals surface area (Å²) in [6.07, 6.45) is 8.13. The fourth-order valence-corrected chi connectivity index (χ4v) is 12.6. The van der Waals surface area contributed by atoms with Crippen LogP contribution in [0.25, 0.3) is 32.2 Å². The molecular formula is C57H61N9O6S. The maximum absolute atomic E-state index is 13.7. The number of aromatic carboxylic acids is 1. The first-order chi connectivity index (χ1) is 35.4. The Hall–Kier alpha value is -7.17. The van der Waals surface area contributed by atoms with Gasteiger partial charge in [0.1, 0.15) is 11.6 Å². The number of thiazole rings is 1. The number of para-hydroxylation sites is 2. The molecule has 0 radical (unpaired) electrons. The number of aromatic nitrogens is 4. The summed E-state index contributed by atoms with van der Waals surface area (Å²) < 4.78 is 9.61. The summed E-state index contributed by atoms with van der Waals surface area (Å²) in [6, 6.07) is 29.8. The minimum atomic E-state index is -1.10. The van der Waals surface area contributed by atoms with Crippen LogP contribution in [0.1, 0.15) is 107 Å². The van der Waals surface area contributed by atoms with Crippen molar-refractivity contribution in [1.82, 2.24) is 30.0 Å². The minimum absolute atomic E-state index is 0.0217. The topological polar surface area (TPSA) is 175 Å². The number of carboxylic acids is 1. The van der Waals surface area contributed by atoms with Gasteiger partial charge in [0, 0.05) is 68.7 Å². The fourth-order valence-electron chi connectivity index (χ4n) is 11.8. The molecule has 2 saturated heterocycles. The van der Waals surface area contributed by atoms with E-state index in [9.17, 15) is 24.3 Å². The first kappa shape index (κ1) is 48.1. The monoisotopic (exact) mass is 999 g/mol. The van der Waals surface area contributed by atoms with Crippen LogP contribution in [0, 0.1) is 12.8 Å². The van der Waals surface area contributed by atoms with Crippen LogP contribution in [0.4, 0.5) is 16.6 Å². The van der Waals surface area contributed by atoms with Crippen molar-refractivity contribution in [3.8, 4) is 16.9 Å². The smallest absolute Gasteiger partial charge is 0.355 e. The number of amides is 3. The molecule has 3 fully saturated rings. The first-order valence-electron chi connectivity index (χ1n) is 25.8. The van der Waals surface area contributed by atoms with Crippen molar-refractivity contribution in [3.05, 3.63) is 125 Å². The second kappa shape index (κ2) is 20.4. The number of hydrogen-bond acceptors (Lipinski definition) is 12. The van der Waals surface area contributed by atoms with Gasteiger partial charge < -0.3 is 19.6 Å². The van der Waals surface area contributed by atoms with E-state index >= 15 is 0 Å². The number of nitrogens with zero attached hydrogens (tertiary/aromatic N) is 7. The van der Waals surface area contributed by atoms with Crippen LogP contribution >= 0.6 is 11.3 Å². The van der Waals surface area contributed by atoms with E-state index in [4.69, 9.17) is 14.8 Å². The molecule has 1 unspecified atom stereocenters. The first-order valence-corrected chi connectivity index (χ1v) is 26.6. The van der Waals surface area contributed by atoms with Gasteiger partial charge in [0.2, 0.25) is 11.8 Å². The van der Waals surface area contributed by atoms with Gasteiger partial charge in [-0.2, -0.15) is 5.10 Å². The second-order valence-corrected chi connectivity index (χ2v) is 21.3. The van der Waals surface area contributed by atoms with Crippen molar-refractivity contribution >= 4 is 72.8 Å². The minimum Gasteiger partial charge on any atom is -0.490 e. The fraction of sp³-hybridized carbons (Fsp3) is 0.386. The van der Waals surface area contributed by atoms with E-state index in [0.29, 0.717) is 66.4 Å². The predicted molar refractivity (Wildman–Crippen MR) is 285 cm³/mol. The molecule has 1 saturated carbocycles. The highest BCUT2D eigenvalue weighted by Gasteiger charge is 2.34. The van der Waals surface area contributed by atoms with Crippen molar-refractivity contribution in [3.63, 3.8) is 0 Å². The number of ether oxygens (including phenoxy) is 1. The van der Waals surface area contributed by atoms with Crippen LogP contribution in [-0.4, -0.2) is 98.3 Å². The zero-order valence-electron chi connectivity index (χ0n) is 41.6. The molecule has 3 N–H and O–H groups in total. The Morgan fingerprint density at radius 1 is 0.863 bits per heavy atom. The molecule has 3 amide bonds. The standard InChI is InChI=1S/C57H61N9O6S/c1-34-32-65(46-16-7-14-42-51(62-63(3)53(42)46)43-24-26-50(67)60-55(43)69)31-30-64(34)28-9-10-36-19-21-38(22-20-36)72-47-17-8-12-39(35(47)2)40-23-25-49(59-52(40)56(70)71)66-29-27-37-11-6-13-41(44(37)33-66)54(68)61-57-58-45-15-4-5-18-48(45)73-57/h4-8,11-18,23,25,34,36,38,43H,9-10,19-22,24,26-33H2,1-3H3,(H,70,71)(H,58,61,68)(H,60,67,69)/t34-,36-,38-,43?/m1/s1. The van der Waals surface area contributed by atoms with Crippen LogP contribution < -0.4 is 25.2 Å². The number of anilines is 3. The van der Waals surface area contributed by atoms with E-state index in [1.54, 1.807) is 0 Å². The number of rotatable bonds is 13. The number of carbonyl (C=O) groups excluding carboxylic acids is 3. The number of benzene rings is 4. The van der Waals surface area contributed by atoms with Gasteiger partial charge in [-0.05, 0) is 142 Å². The van der Waals surface area contributed by atoms with Gasteiger partial charge in [-0.15, -0.1) is 0 Å². The quantitative estimate of drug-likeness (QED) is 0.0935. The summed E-state index contributed by atoms with van der Waals surface area (Å²) in [4.78, 5) is 67.7. The van der Waals surface area contributed by atoms with Crippen molar-refractivity contribution in [2.24, 2.45) is 13.0 Å². The number of piperidine rings is 1. The van der Waals surface area contributed by atoms with Gasteiger partial charge >= 0.3 is 5.97 Å². The number of hydrogen-bond donors (Lipinski definition) is 3. The van der Waals surface area contributed by atoms with Crippen LogP contribution in [-0.2, 0) is 29.6 Å². The van der Waals surface area contributed by atoms with E-state index < -0.39 is 11.9 Å². The summed E-state index contributed by atoms with van der Waals surface area (Å²) in [5, 5.41) is 22.4. The third kappa shape index (κ3) is 9.77. The molecule has 376 valence electrons. The second-order valence-electron chi connectivity index (χ2n) is 20.3. The highest BCUT2D eigenvalue weighted by molar-refractivity contribution is 7.22. The molecule has 1 aliphatic carbocycles. The average Bonchev–Trinajstić information content (AvgIpc) is 3.97. The SMILES string of the molecule is Cc1c(O[C@H]2CC[C@H](CCCN3CCN(c4cccc5c(C6CCC(=O)NC6=O)nn(C)c45)C[C@H]3C)CC2)cccc1-c1ccc(N2CCc3cccc(C(=O)Nc4nc5ccccc5s4)c3C2)nc1C(=O)O. The summed E-state index contributed by atoms with van der Waals surface area (Å²) in [7, 11) is 1.94. The number of fused-ring (bicyclic) bond motifs is 3. The van der Waals surface area contributed by atoms with Gasteiger partial charge in [0.25, 0.3) is 5.91 Å². The molecule has 3 aromatic heterocycles. The lowest BCUT2D eigenvalue weighted by Crippen LogP contribution is -2.52. The molecule has 0 bridgehead atoms. The Morgan fingerprint density at radius 3 is 2.49 bits per heavy atom. The third-order valence-electron chi connectivity index (χ3n) is 15.7. The Labute approximate surface area is 428 Å². The van der Waals surface area contributed by atoms with E-state index in [1.165, 1.54) is 17.8 Å². The zero-order chi connectivity index (χ0) is 50.3. The molecule has 0 spiro atoms. The number of aryl methyl sites for hydroxylation is 1. The lowest BCUT2D eigenvalue weighted by molar-refractivity contribution is -0.134. The maximum atomic E-state index is 13.7. The predicted octanol–water partition coefficient (Wildman–Crippen LogP) is 9.52. The number of carboxylic acid groups (broad SMARTS) is 1. The molecule has 15 nitrogen and oxygen atoms in total. The van der Waals surface area contributed by atoms with E-state index in [2.05, 4.69) is 44.5 Å². The number of piperazine rings is 1. The summed E-state index contributed by atoms with van der Waals surface area (Å²) in [5.74, 6) is -0.257. The third-order valence-corrected chi connectivity index (χ3v) is 16.7. The molecule has 7 aromatic rings. The Balaban J connectivity index is 0.679. The van der Waals surface area contributed by atoms with Crippen LogP contribution in [0.3, 0.4) is 0 Å². The highest BCUT2D eigenvalue weighted by Crippen LogP contribution is 2.39. The molecule has 3 aliphatic heterocycles. The normalized spacial score (nSPS) is 20.5. The van der Waals surface area contributed by atoms with E-state index in [-0.39, 0.29) is 29.5 Å². The molecule has 4 aliphatic rings. The molecule has 4 aromatic carbocycles. The van der Waals surface area contributed by atoms with E-state index in [0.717, 1.165) is 119 Å². The molecule has 16 heteroatoms. The molecule has 73 heavy (non-hydrogen) atoms. The van der Waals surface area contributed by atoms with Crippen molar-refractivity contribution < 1.29 is 29.0 Å². The average molecular weight is 1000 g/mol. The van der Waals surface area contributed by atoms with Gasteiger partial charge in [0.05, 0.1) is 39.1 Å². The Kier molecular flexibility index (Phi) is 13.4. The van der Waals surface area contributed by atoms with Gasteiger partial charge in [-0.1, -0.05) is 59.9 Å². The lowest BCUT2D eigenvalue weighted by atomic mass is 9.84. The Bertz CT molecular complexity index is 3240. The van der Waals surface area contributed by atoms with E-state index in [1.807, 2.05) is 102 Å². The maximum Gasteiger partial charge on any atom is 0.355 e. The Morgan fingerprint density at radius 2 is 1.68 bits per heavy atom. The van der Waals surface area contributed by atoms with Crippen LogP contribution in [0.15, 0.2) is 91.0 Å². The molecule has 11 rings (SSSR count). The van der Waals surface area contributed by atoms with Crippen LogP contribution in [0.5, 0.6) is 5.75 Å². The summed E-state index contributed by atoms with van der Waals surface area (Å²) in [6.45, 7) is 9.23. The molecule has 2 atom stereocenters. The number of carbonyl (C=O) groups is 4. The van der Waals surface area contributed by atoms with Crippen molar-refractivity contribution in [2.75, 3.05) is 47.8 Å². The van der Waals surface area contributed by atoms with Gasteiger partial charge in [-0.3, -0.25) is 34.6 Å². The molecule has 6 heterocycles. The molecular weight excluding hydrogens is 939 g/mol. The largest absolute Gasteiger partial charge is 0.490 e.